The van der Waals surface area contributed by atoms with Gasteiger partial charge in [-0.05, 0) is 31.0 Å². The number of carbonyl (C=O) groups excluding carboxylic acids is 3. The molecular weight excluding hydrogens is 310 g/mol. The first-order valence-corrected chi connectivity index (χ1v) is 7.84. The monoisotopic (exact) mass is 329 g/mol. The van der Waals surface area contributed by atoms with Crippen LogP contribution in [0.3, 0.4) is 0 Å². The van der Waals surface area contributed by atoms with Crippen molar-refractivity contribution >= 4 is 23.2 Å². The Morgan fingerprint density at radius 3 is 2.67 bits per heavy atom. The minimum atomic E-state index is -0.390. The van der Waals surface area contributed by atoms with E-state index < -0.39 is 0 Å². The van der Waals surface area contributed by atoms with Crippen molar-refractivity contribution in [3.05, 3.63) is 36.2 Å². The third-order valence-corrected chi connectivity index (χ3v) is 4.25. The van der Waals surface area contributed by atoms with Crippen LogP contribution in [0.15, 0.2) is 30.5 Å². The van der Waals surface area contributed by atoms with Crippen molar-refractivity contribution in [3.63, 3.8) is 0 Å². The van der Waals surface area contributed by atoms with Crippen molar-refractivity contribution in [1.29, 1.82) is 0 Å². The van der Waals surface area contributed by atoms with Crippen LogP contribution in [0.5, 0.6) is 0 Å². The van der Waals surface area contributed by atoms with E-state index in [0.717, 1.165) is 5.52 Å². The first kappa shape index (κ1) is 16.0. The predicted octanol–water partition coefficient (Wildman–Crippen LogP) is -0.212. The highest BCUT2D eigenvalue weighted by Gasteiger charge is 2.26. The number of nitrogens with zero attached hydrogens (tertiary/aromatic N) is 3. The molecule has 8 nitrogen and oxygen atoms in total. The van der Waals surface area contributed by atoms with Gasteiger partial charge >= 0.3 is 0 Å². The van der Waals surface area contributed by atoms with Gasteiger partial charge in [0.25, 0.3) is 5.91 Å². The van der Waals surface area contributed by atoms with Crippen LogP contribution in [0, 0.1) is 5.92 Å². The summed E-state index contributed by atoms with van der Waals surface area (Å²) in [7, 11) is 0. The molecule has 3 N–H and O–H groups in total. The van der Waals surface area contributed by atoms with E-state index >= 15 is 0 Å². The van der Waals surface area contributed by atoms with E-state index in [1.807, 2.05) is 18.2 Å². The van der Waals surface area contributed by atoms with Gasteiger partial charge in [0.05, 0.1) is 12.1 Å². The van der Waals surface area contributed by atoms with Gasteiger partial charge in [-0.15, -0.1) is 0 Å². The lowest BCUT2D eigenvalue weighted by Gasteiger charge is -2.30. The number of nitrogens with one attached hydrogen (secondary N) is 1. The van der Waals surface area contributed by atoms with Gasteiger partial charge in [-0.2, -0.15) is 5.10 Å². The maximum atomic E-state index is 12.2. The molecule has 0 bridgehead atoms. The molecule has 0 aromatic carbocycles. The minimum absolute atomic E-state index is 0.0893. The molecule has 126 valence electrons. The Balaban J connectivity index is 1.52. The summed E-state index contributed by atoms with van der Waals surface area (Å²) in [5.41, 5.74) is 6.35. The SMILES string of the molecule is NC(=O)C1CCN(C(=O)CNC(=O)c2cc3ccccn3n2)CC1. The fourth-order valence-electron chi connectivity index (χ4n) is 2.82. The third kappa shape index (κ3) is 3.37. The number of fused-ring (bicyclic) bond motifs is 1. The molecule has 3 rings (SSSR count). The summed E-state index contributed by atoms with van der Waals surface area (Å²) in [6.45, 7) is 0.876. The standard InChI is InChI=1S/C16H19N5O3/c17-15(23)11-4-7-20(8-5-11)14(22)10-18-16(24)13-9-12-3-1-2-6-21(12)19-13/h1-3,6,9,11H,4-5,7-8,10H2,(H2,17,23)(H,18,24). The second kappa shape index (κ2) is 6.69. The van der Waals surface area contributed by atoms with E-state index in [0.29, 0.717) is 25.9 Å². The fraction of sp³-hybridized carbons (Fsp3) is 0.375. The van der Waals surface area contributed by atoms with E-state index in [4.69, 9.17) is 5.73 Å². The predicted molar refractivity (Wildman–Crippen MR) is 86.0 cm³/mol. The smallest absolute Gasteiger partial charge is 0.272 e. The first-order chi connectivity index (χ1) is 11.5. The van der Waals surface area contributed by atoms with Gasteiger partial charge < -0.3 is 16.0 Å². The summed E-state index contributed by atoms with van der Waals surface area (Å²) in [4.78, 5) is 37.0. The summed E-state index contributed by atoms with van der Waals surface area (Å²) < 4.78 is 1.60. The summed E-state index contributed by atoms with van der Waals surface area (Å²) >= 11 is 0. The van der Waals surface area contributed by atoms with E-state index in [9.17, 15) is 14.4 Å². The Morgan fingerprint density at radius 2 is 2.00 bits per heavy atom. The highest BCUT2D eigenvalue weighted by Crippen LogP contribution is 2.16. The van der Waals surface area contributed by atoms with Gasteiger partial charge in [0.15, 0.2) is 5.69 Å². The minimum Gasteiger partial charge on any atom is -0.369 e. The van der Waals surface area contributed by atoms with E-state index in [1.165, 1.54) is 0 Å². The van der Waals surface area contributed by atoms with Crippen LogP contribution in [-0.2, 0) is 9.59 Å². The number of hydrogen-bond donors (Lipinski definition) is 2. The molecule has 3 heterocycles. The quantitative estimate of drug-likeness (QED) is 0.808. The van der Waals surface area contributed by atoms with Gasteiger partial charge in [0.2, 0.25) is 11.8 Å². The van der Waals surface area contributed by atoms with Gasteiger partial charge in [-0.1, -0.05) is 6.07 Å². The van der Waals surface area contributed by atoms with Crippen molar-refractivity contribution in [2.45, 2.75) is 12.8 Å². The molecule has 0 unspecified atom stereocenters. The third-order valence-electron chi connectivity index (χ3n) is 4.25. The maximum Gasteiger partial charge on any atom is 0.272 e. The number of aromatic nitrogens is 2. The largest absolute Gasteiger partial charge is 0.369 e. The number of carbonyl (C=O) groups is 3. The molecule has 0 saturated carbocycles. The molecule has 0 aliphatic carbocycles. The highest BCUT2D eigenvalue weighted by molar-refractivity contribution is 5.95. The van der Waals surface area contributed by atoms with Crippen molar-refractivity contribution in [1.82, 2.24) is 19.8 Å². The number of primary amides is 1. The molecule has 8 heteroatoms. The molecule has 2 aromatic rings. The molecule has 0 spiro atoms. The summed E-state index contributed by atoms with van der Waals surface area (Å²) in [5.74, 6) is -1.04. The topological polar surface area (TPSA) is 110 Å². The molecule has 1 fully saturated rings. The van der Waals surface area contributed by atoms with Crippen LogP contribution in [0.1, 0.15) is 23.3 Å². The van der Waals surface area contributed by atoms with Crippen LogP contribution >= 0.6 is 0 Å². The number of hydrogen-bond acceptors (Lipinski definition) is 4. The highest BCUT2D eigenvalue weighted by atomic mass is 16.2. The molecule has 0 radical (unpaired) electrons. The van der Waals surface area contributed by atoms with E-state index in [2.05, 4.69) is 10.4 Å². The van der Waals surface area contributed by atoms with Crippen LogP contribution < -0.4 is 11.1 Å². The second-order valence-corrected chi connectivity index (χ2v) is 5.84. The first-order valence-electron chi connectivity index (χ1n) is 7.84. The Hall–Kier alpha value is -2.90. The second-order valence-electron chi connectivity index (χ2n) is 5.84. The maximum absolute atomic E-state index is 12.2. The number of rotatable bonds is 4. The molecule has 1 aliphatic heterocycles. The molecule has 0 atom stereocenters. The number of likely N-dealkylation sites (tertiary alicyclic amines) is 1. The zero-order chi connectivity index (χ0) is 17.1. The van der Waals surface area contributed by atoms with Gasteiger partial charge in [-0.25, -0.2) is 4.52 Å². The van der Waals surface area contributed by atoms with Crippen molar-refractivity contribution in [2.24, 2.45) is 11.7 Å². The van der Waals surface area contributed by atoms with Crippen molar-refractivity contribution in [3.8, 4) is 0 Å². The zero-order valence-electron chi connectivity index (χ0n) is 13.1. The summed E-state index contributed by atoms with van der Waals surface area (Å²) in [6, 6.07) is 7.19. The molecule has 1 aliphatic rings. The number of pyridine rings is 1. The molecular formula is C16H19N5O3. The van der Waals surface area contributed by atoms with Gasteiger partial charge in [-0.3, -0.25) is 14.4 Å². The number of piperidine rings is 1. The lowest BCUT2D eigenvalue weighted by atomic mass is 9.96. The van der Waals surface area contributed by atoms with Crippen LogP contribution in [0.25, 0.3) is 5.52 Å². The molecule has 24 heavy (non-hydrogen) atoms. The van der Waals surface area contributed by atoms with Gasteiger partial charge in [0.1, 0.15) is 0 Å². The lowest BCUT2D eigenvalue weighted by Crippen LogP contribution is -2.45. The lowest BCUT2D eigenvalue weighted by molar-refractivity contribution is -0.133. The average Bonchev–Trinajstić information content (AvgIpc) is 3.03. The Morgan fingerprint density at radius 1 is 1.25 bits per heavy atom. The van der Waals surface area contributed by atoms with Crippen molar-refractivity contribution < 1.29 is 14.4 Å². The normalized spacial score (nSPS) is 15.4. The zero-order valence-corrected chi connectivity index (χ0v) is 13.1. The average molecular weight is 329 g/mol. The van der Waals surface area contributed by atoms with Crippen LogP contribution in [-0.4, -0.2) is 51.9 Å². The van der Waals surface area contributed by atoms with Crippen molar-refractivity contribution in [2.75, 3.05) is 19.6 Å². The molecule has 1 saturated heterocycles. The Labute approximate surface area is 138 Å². The summed E-state index contributed by atoms with van der Waals surface area (Å²) in [5, 5.41) is 6.75. The van der Waals surface area contributed by atoms with E-state index in [-0.39, 0.29) is 35.9 Å². The van der Waals surface area contributed by atoms with Crippen LogP contribution in [0.2, 0.25) is 0 Å². The van der Waals surface area contributed by atoms with E-state index in [1.54, 1.807) is 21.7 Å². The van der Waals surface area contributed by atoms with Crippen LogP contribution in [0.4, 0.5) is 0 Å². The Bertz CT molecular complexity index is 744. The fourth-order valence-corrected chi connectivity index (χ4v) is 2.82. The molecule has 3 amide bonds. The Kier molecular flexibility index (Phi) is 4.45. The summed E-state index contributed by atoms with van der Waals surface area (Å²) in [6.07, 6.45) is 2.89. The molecule has 2 aromatic heterocycles. The number of amides is 3. The van der Waals surface area contributed by atoms with Gasteiger partial charge in [0, 0.05) is 25.2 Å². The number of nitrogens with two attached hydrogens (primary N) is 1.